The van der Waals surface area contributed by atoms with Crippen molar-refractivity contribution >= 4 is 13.7 Å². The first-order valence-electron chi connectivity index (χ1n) is 16.2. The van der Waals surface area contributed by atoms with Crippen LogP contribution in [0.3, 0.4) is 0 Å². The molecule has 0 aliphatic heterocycles. The van der Waals surface area contributed by atoms with Crippen LogP contribution in [-0.2, 0) is 18.4 Å². The molecule has 0 aromatic rings. The number of hydrogen-bond donors (Lipinski definition) is 3. The van der Waals surface area contributed by atoms with Gasteiger partial charge in [0.1, 0.15) is 13.2 Å². The van der Waals surface area contributed by atoms with Crippen molar-refractivity contribution in [1.82, 2.24) is 5.32 Å². The molecule has 3 atom stereocenters. The van der Waals surface area contributed by atoms with Crippen molar-refractivity contribution in [3.8, 4) is 0 Å². The molecule has 0 radical (unpaired) electrons. The Bertz CT molecular complexity index is 738. The van der Waals surface area contributed by atoms with Gasteiger partial charge in [-0.25, -0.2) is 4.57 Å². The average Bonchev–Trinajstić information content (AvgIpc) is 2.90. The van der Waals surface area contributed by atoms with Gasteiger partial charge < -0.3 is 19.8 Å². The van der Waals surface area contributed by atoms with Gasteiger partial charge in [0.05, 0.1) is 39.9 Å². The maximum atomic E-state index is 12.7. The molecule has 8 nitrogen and oxygen atoms in total. The molecule has 0 aliphatic carbocycles. The first kappa shape index (κ1) is 40.0. The summed E-state index contributed by atoms with van der Waals surface area (Å²) in [5.41, 5.74) is 0. The van der Waals surface area contributed by atoms with Crippen LogP contribution < -0.4 is 5.32 Å². The highest BCUT2D eigenvalue weighted by Gasteiger charge is 2.28. The number of likely N-dealkylation sites (N-methyl/N-ethyl adjacent to an activating group) is 1. The molecule has 9 heteroatoms. The summed E-state index contributed by atoms with van der Waals surface area (Å²) in [6.45, 7) is 4.70. The van der Waals surface area contributed by atoms with Crippen molar-refractivity contribution in [3.05, 3.63) is 24.3 Å². The molecule has 1 amide bonds. The van der Waals surface area contributed by atoms with Crippen molar-refractivity contribution in [2.45, 2.75) is 135 Å². The maximum Gasteiger partial charge on any atom is 0.472 e. The van der Waals surface area contributed by atoms with Crippen LogP contribution in [0.5, 0.6) is 0 Å². The van der Waals surface area contributed by atoms with E-state index in [1.165, 1.54) is 25.7 Å². The Morgan fingerprint density at radius 3 is 2.10 bits per heavy atom. The summed E-state index contributed by atoms with van der Waals surface area (Å²) in [5.74, 6) is -0.168. The number of phosphoric acid groups is 1. The molecule has 0 saturated carbocycles. The molecule has 0 aromatic carbocycles. The smallest absolute Gasteiger partial charge is 0.391 e. The van der Waals surface area contributed by atoms with Crippen molar-refractivity contribution in [3.63, 3.8) is 0 Å². The second-order valence-corrected chi connectivity index (χ2v) is 13.6. The third-order valence-corrected chi connectivity index (χ3v) is 7.92. The summed E-state index contributed by atoms with van der Waals surface area (Å²) in [5, 5.41) is 13.7. The lowest BCUT2D eigenvalue weighted by molar-refractivity contribution is -0.870. The van der Waals surface area contributed by atoms with Crippen LogP contribution in [0.2, 0.25) is 0 Å². The molecule has 3 unspecified atom stereocenters. The van der Waals surface area contributed by atoms with Crippen molar-refractivity contribution < 1.29 is 32.9 Å². The molecular formula is C32H64N2O6P+. The first-order chi connectivity index (χ1) is 19.5. The lowest BCUT2D eigenvalue weighted by Crippen LogP contribution is -2.46. The summed E-state index contributed by atoms with van der Waals surface area (Å²) in [4.78, 5) is 22.8. The lowest BCUT2D eigenvalue weighted by atomic mass is 10.0. The molecule has 0 saturated heterocycles. The number of nitrogens with zero attached hydrogens (tertiary/aromatic N) is 1. The Morgan fingerprint density at radius 2 is 1.44 bits per heavy atom. The number of amides is 1. The van der Waals surface area contributed by atoms with Crippen molar-refractivity contribution in [1.29, 1.82) is 0 Å². The normalized spacial score (nSPS) is 15.4. The van der Waals surface area contributed by atoms with Crippen LogP contribution in [0.25, 0.3) is 0 Å². The molecule has 0 heterocycles. The van der Waals surface area contributed by atoms with E-state index < -0.39 is 20.0 Å². The summed E-state index contributed by atoms with van der Waals surface area (Å²) in [6, 6.07) is -0.760. The van der Waals surface area contributed by atoms with E-state index in [-0.39, 0.29) is 19.1 Å². The Labute approximate surface area is 252 Å². The standard InChI is InChI=1S/C32H63N2O6P/c1-6-8-10-12-14-15-16-17-18-19-20-22-24-26-32(36)33-30(31(35)25-23-21-13-11-9-7-2)29-40-41(37,38)39-28-27-34(3,4)5/h10,12,15-16,30-31,35H,6-9,11,13-14,17-29H2,1-5H3,(H-,33,36,37,38)/p+1/b12-10-,16-15-. The number of phosphoric ester groups is 1. The Morgan fingerprint density at radius 1 is 0.829 bits per heavy atom. The minimum atomic E-state index is -4.29. The molecule has 0 rings (SSSR count). The van der Waals surface area contributed by atoms with Crippen LogP contribution in [0.1, 0.15) is 123 Å². The van der Waals surface area contributed by atoms with E-state index in [1.54, 1.807) is 0 Å². The highest BCUT2D eigenvalue weighted by atomic mass is 31.2. The number of quaternary nitrogens is 1. The number of aliphatic hydroxyl groups is 1. The van der Waals surface area contributed by atoms with Gasteiger partial charge in [-0.1, -0.05) is 102 Å². The highest BCUT2D eigenvalue weighted by molar-refractivity contribution is 7.47. The molecule has 0 aliphatic rings. The zero-order chi connectivity index (χ0) is 30.8. The highest BCUT2D eigenvalue weighted by Crippen LogP contribution is 2.43. The van der Waals surface area contributed by atoms with Gasteiger partial charge in [-0.3, -0.25) is 13.8 Å². The molecule has 0 fully saturated rings. The van der Waals surface area contributed by atoms with E-state index in [0.717, 1.165) is 70.6 Å². The van der Waals surface area contributed by atoms with Crippen LogP contribution in [0.4, 0.5) is 0 Å². The fourth-order valence-electron chi connectivity index (χ4n) is 4.26. The zero-order valence-electron chi connectivity index (χ0n) is 27.0. The fraction of sp³-hybridized carbons (Fsp3) is 0.844. The minimum Gasteiger partial charge on any atom is -0.391 e. The number of allylic oxidation sites excluding steroid dienone is 4. The first-order valence-corrected chi connectivity index (χ1v) is 17.7. The molecule has 242 valence electrons. The Hall–Kier alpha value is -1.02. The number of carbonyl (C=O) groups excluding carboxylic acids is 1. The topological polar surface area (TPSA) is 105 Å². The van der Waals surface area contributed by atoms with Gasteiger partial charge >= 0.3 is 7.82 Å². The summed E-state index contributed by atoms with van der Waals surface area (Å²) < 4.78 is 23.3. The molecule has 3 N–H and O–H groups in total. The fourth-order valence-corrected chi connectivity index (χ4v) is 4.99. The van der Waals surface area contributed by atoms with Crippen LogP contribution >= 0.6 is 7.82 Å². The van der Waals surface area contributed by atoms with Crippen LogP contribution in [0, 0.1) is 0 Å². The van der Waals surface area contributed by atoms with E-state index >= 15 is 0 Å². The van der Waals surface area contributed by atoms with Crippen LogP contribution in [0.15, 0.2) is 24.3 Å². The number of aliphatic hydroxyl groups excluding tert-OH is 1. The average molecular weight is 604 g/mol. The van der Waals surface area contributed by atoms with Crippen molar-refractivity contribution in [2.75, 3.05) is 40.9 Å². The van der Waals surface area contributed by atoms with E-state index in [4.69, 9.17) is 9.05 Å². The monoisotopic (exact) mass is 603 g/mol. The van der Waals surface area contributed by atoms with Crippen LogP contribution in [-0.4, -0.2) is 73.4 Å². The molecular weight excluding hydrogens is 539 g/mol. The lowest BCUT2D eigenvalue weighted by Gasteiger charge is -2.26. The summed E-state index contributed by atoms with van der Waals surface area (Å²) in [6.07, 6.45) is 25.1. The molecule has 0 aromatic heterocycles. The largest absolute Gasteiger partial charge is 0.472 e. The molecule has 0 spiro atoms. The second-order valence-electron chi connectivity index (χ2n) is 12.2. The second kappa shape index (κ2) is 25.5. The van der Waals surface area contributed by atoms with Gasteiger partial charge in [0, 0.05) is 6.42 Å². The van der Waals surface area contributed by atoms with E-state index in [0.29, 0.717) is 23.9 Å². The predicted molar refractivity (Wildman–Crippen MR) is 171 cm³/mol. The van der Waals surface area contributed by atoms with E-state index in [9.17, 15) is 19.4 Å². The number of unbranched alkanes of at least 4 members (excludes halogenated alkanes) is 11. The van der Waals surface area contributed by atoms with Gasteiger partial charge in [-0.2, -0.15) is 0 Å². The Balaban J connectivity index is 4.50. The van der Waals surface area contributed by atoms with E-state index in [2.05, 4.69) is 43.5 Å². The third-order valence-electron chi connectivity index (χ3n) is 6.93. The zero-order valence-corrected chi connectivity index (χ0v) is 27.9. The van der Waals surface area contributed by atoms with Gasteiger partial charge in [0.25, 0.3) is 0 Å². The van der Waals surface area contributed by atoms with E-state index in [1.807, 2.05) is 21.1 Å². The number of hydrogen-bond acceptors (Lipinski definition) is 5. The predicted octanol–water partition coefficient (Wildman–Crippen LogP) is 7.46. The SMILES string of the molecule is CCC/C=C\C/C=C\CCCCCCCC(=O)NC(COP(=O)(O)OCC[N+](C)(C)C)C(O)CCCCCCCC. The van der Waals surface area contributed by atoms with Gasteiger partial charge in [-0.05, 0) is 38.5 Å². The van der Waals surface area contributed by atoms with Gasteiger partial charge in [0.15, 0.2) is 0 Å². The maximum absolute atomic E-state index is 12.7. The number of rotatable bonds is 28. The molecule has 41 heavy (non-hydrogen) atoms. The quantitative estimate of drug-likeness (QED) is 0.0371. The van der Waals surface area contributed by atoms with Crippen molar-refractivity contribution in [2.24, 2.45) is 0 Å². The number of carbonyl (C=O) groups is 1. The van der Waals surface area contributed by atoms with Gasteiger partial charge in [0.2, 0.25) is 5.91 Å². The Kier molecular flexibility index (Phi) is 24.8. The summed E-state index contributed by atoms with van der Waals surface area (Å²) in [7, 11) is 1.59. The van der Waals surface area contributed by atoms with Gasteiger partial charge in [-0.15, -0.1) is 0 Å². The number of nitrogens with one attached hydrogen (secondary N) is 1. The minimum absolute atomic E-state index is 0.0707. The summed E-state index contributed by atoms with van der Waals surface area (Å²) >= 11 is 0. The molecule has 0 bridgehead atoms. The third kappa shape index (κ3) is 27.6.